The van der Waals surface area contributed by atoms with E-state index in [2.05, 4.69) is 50.6 Å². The van der Waals surface area contributed by atoms with Gasteiger partial charge in [-0.1, -0.05) is 23.7 Å². The normalized spacial score (nSPS) is 14.1. The number of likely N-dealkylation sites (tertiary alicyclic amines) is 1. The van der Waals surface area contributed by atoms with Crippen LogP contribution in [0.2, 0.25) is 0 Å². The molecule has 8 nitrogen and oxygen atoms in total. The van der Waals surface area contributed by atoms with Crippen LogP contribution in [0.15, 0.2) is 65.7 Å². The summed E-state index contributed by atoms with van der Waals surface area (Å²) in [6.45, 7) is 5.17. The molecule has 0 saturated carbocycles. The van der Waals surface area contributed by atoms with E-state index in [0.29, 0.717) is 40.4 Å². The van der Waals surface area contributed by atoms with E-state index < -0.39 is 18.5 Å². The number of benzene rings is 2. The SMILES string of the molecule is [B]C([B])=C([B])C(=O)Nc1ccc(CCn2c(C#N)cc3c(C)c(CN4CCC(Nc5ncnc6sc(CC(F)(F)F)cc56)CC4)ccc32)cc1. The average Bonchev–Trinajstić information content (AvgIpc) is 3.66. The summed E-state index contributed by atoms with van der Waals surface area (Å²) in [5.41, 5.74) is 5.28. The number of thiophene rings is 1. The highest BCUT2D eigenvalue weighted by Gasteiger charge is 2.29. The summed E-state index contributed by atoms with van der Waals surface area (Å²) in [4.78, 5) is 23.8. The molecule has 2 aromatic carbocycles. The van der Waals surface area contributed by atoms with Crippen molar-refractivity contribution in [2.75, 3.05) is 23.7 Å². The van der Waals surface area contributed by atoms with Gasteiger partial charge in [-0.2, -0.15) is 23.8 Å². The number of amides is 1. The Morgan fingerprint density at radius 2 is 1.80 bits per heavy atom. The van der Waals surface area contributed by atoms with Crippen molar-refractivity contribution < 1.29 is 18.0 Å². The number of nitriles is 1. The van der Waals surface area contributed by atoms with Crippen molar-refractivity contribution in [3.8, 4) is 6.07 Å². The second-order valence-electron chi connectivity index (χ2n) is 12.5. The molecule has 50 heavy (non-hydrogen) atoms. The van der Waals surface area contributed by atoms with Gasteiger partial charge < -0.3 is 15.2 Å². The number of hydrogen-bond acceptors (Lipinski definition) is 7. The van der Waals surface area contributed by atoms with Gasteiger partial charge in [-0.3, -0.25) is 9.69 Å². The summed E-state index contributed by atoms with van der Waals surface area (Å²) in [5, 5.41) is 17.5. The maximum Gasteiger partial charge on any atom is 0.393 e. The lowest BCUT2D eigenvalue weighted by molar-refractivity contribution is -0.126. The molecule has 1 fully saturated rings. The van der Waals surface area contributed by atoms with Gasteiger partial charge in [0.1, 0.15) is 36.6 Å². The van der Waals surface area contributed by atoms with E-state index in [4.69, 9.17) is 23.5 Å². The van der Waals surface area contributed by atoms with E-state index >= 15 is 0 Å². The molecule has 4 heterocycles. The molecule has 0 bridgehead atoms. The predicted octanol–water partition coefficient (Wildman–Crippen LogP) is 5.86. The number of rotatable bonds is 10. The van der Waals surface area contributed by atoms with Crippen LogP contribution >= 0.6 is 11.3 Å². The van der Waals surface area contributed by atoms with E-state index in [-0.39, 0.29) is 21.8 Å². The van der Waals surface area contributed by atoms with Gasteiger partial charge in [0.2, 0.25) is 5.91 Å². The zero-order valence-electron chi connectivity index (χ0n) is 27.3. The number of halogens is 3. The molecule has 0 aliphatic carbocycles. The molecule has 1 saturated heterocycles. The van der Waals surface area contributed by atoms with Crippen molar-refractivity contribution in [2.24, 2.45) is 0 Å². The lowest BCUT2D eigenvalue weighted by Crippen LogP contribution is -2.39. The molecule has 0 unspecified atom stereocenters. The number of carbonyl (C=O) groups excluding carboxylic acids is 1. The Balaban J connectivity index is 1.07. The Hall–Kier alpha value is -4.54. The van der Waals surface area contributed by atoms with Crippen LogP contribution in [0.5, 0.6) is 0 Å². The zero-order valence-corrected chi connectivity index (χ0v) is 28.2. The smallest absolute Gasteiger partial charge is 0.367 e. The van der Waals surface area contributed by atoms with Crippen molar-refractivity contribution >= 4 is 73.4 Å². The molecule has 2 N–H and O–H groups in total. The molecular formula is C35H31B3F3N7OS. The first-order valence-electron chi connectivity index (χ1n) is 16.1. The van der Waals surface area contributed by atoms with Crippen molar-refractivity contribution in [1.29, 1.82) is 5.26 Å². The number of nitrogens with zero attached hydrogens (tertiary/aromatic N) is 5. The monoisotopic (exact) mass is 687 g/mol. The summed E-state index contributed by atoms with van der Waals surface area (Å²) in [6.07, 6.45) is -1.44. The first kappa shape index (κ1) is 35.3. The molecule has 1 aliphatic heterocycles. The Morgan fingerprint density at radius 3 is 2.48 bits per heavy atom. The Bertz CT molecular complexity index is 2110. The molecule has 1 amide bonds. The molecule has 1 aliphatic rings. The van der Waals surface area contributed by atoms with Crippen LogP contribution in [0.4, 0.5) is 24.7 Å². The zero-order chi connectivity index (χ0) is 35.6. The second-order valence-corrected chi connectivity index (χ2v) is 13.6. The van der Waals surface area contributed by atoms with Crippen molar-refractivity contribution in [3.05, 3.63) is 93.0 Å². The van der Waals surface area contributed by atoms with Gasteiger partial charge in [0, 0.05) is 53.7 Å². The summed E-state index contributed by atoms with van der Waals surface area (Å²) in [5.74, 6) is 0.00601. The predicted molar refractivity (Wildman–Crippen MR) is 194 cm³/mol. The first-order chi connectivity index (χ1) is 23.9. The van der Waals surface area contributed by atoms with Crippen LogP contribution < -0.4 is 10.6 Å². The number of aromatic nitrogens is 3. The molecule has 5 aromatic rings. The van der Waals surface area contributed by atoms with Crippen LogP contribution in [0.3, 0.4) is 0 Å². The molecule has 248 valence electrons. The number of anilines is 2. The van der Waals surface area contributed by atoms with Crippen molar-refractivity contribution in [3.63, 3.8) is 0 Å². The van der Waals surface area contributed by atoms with E-state index in [9.17, 15) is 23.2 Å². The molecule has 0 spiro atoms. The summed E-state index contributed by atoms with van der Waals surface area (Å²) >= 11 is 1.05. The lowest BCUT2D eigenvalue weighted by Gasteiger charge is -2.33. The van der Waals surface area contributed by atoms with Crippen LogP contribution in [0, 0.1) is 18.3 Å². The van der Waals surface area contributed by atoms with Crippen LogP contribution in [-0.2, 0) is 30.7 Å². The fourth-order valence-electron chi connectivity index (χ4n) is 6.33. The number of fused-ring (bicyclic) bond motifs is 2. The second kappa shape index (κ2) is 14.8. The largest absolute Gasteiger partial charge is 0.393 e. The minimum Gasteiger partial charge on any atom is -0.367 e. The van der Waals surface area contributed by atoms with E-state index in [1.165, 1.54) is 11.9 Å². The fourth-order valence-corrected chi connectivity index (χ4v) is 7.35. The topological polar surface area (TPSA) is 98.9 Å². The number of nitrogens with one attached hydrogen (secondary N) is 2. The highest BCUT2D eigenvalue weighted by Crippen LogP contribution is 2.33. The van der Waals surface area contributed by atoms with Crippen LogP contribution in [0.25, 0.3) is 21.1 Å². The Labute approximate surface area is 296 Å². The third-order valence-corrected chi connectivity index (χ3v) is 10.1. The van der Waals surface area contributed by atoms with Crippen LogP contribution in [0.1, 0.15) is 40.1 Å². The minimum atomic E-state index is -4.27. The number of aryl methyl sites for hydroxylation is 3. The number of alkyl halides is 3. The van der Waals surface area contributed by atoms with E-state index in [1.807, 2.05) is 22.8 Å². The third-order valence-electron chi connectivity index (χ3n) is 9.05. The lowest BCUT2D eigenvalue weighted by atomic mass is 9.69. The van der Waals surface area contributed by atoms with Crippen molar-refractivity contribution in [1.82, 2.24) is 19.4 Å². The molecular weight excluding hydrogens is 656 g/mol. The van der Waals surface area contributed by atoms with Gasteiger partial charge in [0.15, 0.2) is 0 Å². The number of piperidine rings is 1. The van der Waals surface area contributed by atoms with Gasteiger partial charge in [-0.25, -0.2) is 9.97 Å². The molecule has 0 atom stereocenters. The third kappa shape index (κ3) is 8.08. The quantitative estimate of drug-likeness (QED) is 0.141. The first-order valence-corrected chi connectivity index (χ1v) is 16.9. The minimum absolute atomic E-state index is 0.146. The molecule has 15 heteroatoms. The number of carbonyl (C=O) groups is 1. The summed E-state index contributed by atoms with van der Waals surface area (Å²) in [6, 6.07) is 17.6. The number of hydrogen-bond donors (Lipinski definition) is 2. The maximum absolute atomic E-state index is 13.0. The average molecular weight is 687 g/mol. The van der Waals surface area contributed by atoms with Gasteiger partial charge in [0.05, 0.1) is 27.5 Å². The molecule has 6 rings (SSSR count). The Morgan fingerprint density at radius 1 is 1.06 bits per heavy atom. The Kier molecular flexibility index (Phi) is 10.4. The summed E-state index contributed by atoms with van der Waals surface area (Å²) < 4.78 is 40.9. The van der Waals surface area contributed by atoms with Gasteiger partial charge in [-0.15, -0.1) is 11.3 Å². The molecule has 3 aromatic heterocycles. The van der Waals surface area contributed by atoms with E-state index in [0.717, 1.165) is 65.8 Å². The van der Waals surface area contributed by atoms with Gasteiger partial charge in [-0.05, 0) is 73.2 Å². The van der Waals surface area contributed by atoms with Gasteiger partial charge in [0.25, 0.3) is 0 Å². The fraction of sp³-hybridized carbons (Fsp3) is 0.314. The summed E-state index contributed by atoms with van der Waals surface area (Å²) in [7, 11) is 16.4. The van der Waals surface area contributed by atoms with E-state index in [1.54, 1.807) is 18.2 Å². The molecule has 6 radical (unpaired) electrons. The highest BCUT2D eigenvalue weighted by atomic mass is 32.1. The van der Waals surface area contributed by atoms with Gasteiger partial charge >= 0.3 is 6.18 Å². The maximum atomic E-state index is 13.0. The van der Waals surface area contributed by atoms with Crippen LogP contribution in [-0.4, -0.2) is 74.2 Å². The standard InChI is InChI=1S/C35H31B3F3N7OS/c1-20-22(18-47-11-9-24(10-12-47)45-32-28-15-26(16-35(39,40)41)50-34(28)44-19-43-32)4-7-29-27(20)14-25(17-42)48(29)13-8-21-2-5-23(6-3-21)46-33(49)30(36)31(37)38/h2-7,14-15,19,24H,8-13,16,18H2,1H3,(H,46,49)(H,43,44,45). The van der Waals surface area contributed by atoms with Crippen molar-refractivity contribution in [2.45, 2.75) is 57.9 Å². The highest BCUT2D eigenvalue weighted by molar-refractivity contribution is 7.18.